The zero-order valence-corrected chi connectivity index (χ0v) is 10.0. The molecule has 1 aromatic carbocycles. The van der Waals surface area contributed by atoms with Gasteiger partial charge >= 0.3 is 5.69 Å². The third-order valence-electron chi connectivity index (χ3n) is 2.59. The zero-order chi connectivity index (χ0) is 13.1. The largest absolute Gasteiger partial charge is 0.490 e. The van der Waals surface area contributed by atoms with E-state index in [9.17, 15) is 10.1 Å². The molecule has 0 bridgehead atoms. The van der Waals surface area contributed by atoms with Crippen LogP contribution >= 0.6 is 0 Å². The molecule has 0 N–H and O–H groups in total. The summed E-state index contributed by atoms with van der Waals surface area (Å²) < 4.78 is 6.93. The summed E-state index contributed by atoms with van der Waals surface area (Å²) in [5.74, 6) is 0.753. The number of hydrogen-bond acceptors (Lipinski definition) is 5. The molecule has 0 amide bonds. The molecule has 0 fully saturated rings. The minimum Gasteiger partial charge on any atom is -0.490 e. The highest BCUT2D eigenvalue weighted by Gasteiger charge is 2.21. The van der Waals surface area contributed by atoms with Gasteiger partial charge in [-0.3, -0.25) is 10.1 Å². The Morgan fingerprint density at radius 1 is 1.50 bits per heavy atom. The second-order valence-corrected chi connectivity index (χ2v) is 3.56. The number of nitro benzene ring substituents is 1. The van der Waals surface area contributed by atoms with Gasteiger partial charge in [0.25, 0.3) is 0 Å². The first-order chi connectivity index (χ1) is 8.69. The molecule has 2 aromatic rings. The Hall–Kier alpha value is -2.44. The molecule has 94 valence electrons. The van der Waals surface area contributed by atoms with Crippen molar-refractivity contribution < 1.29 is 9.66 Å². The molecule has 7 nitrogen and oxygen atoms in total. The fraction of sp³-hybridized carbons (Fsp3) is 0.273. The SMILES string of the molecule is CCn1cnnc1-c1cccc([N+](=O)[O-])c1OC. The molecular formula is C11H12N4O3. The van der Waals surface area contributed by atoms with Crippen LogP contribution in [-0.4, -0.2) is 26.8 Å². The molecule has 0 radical (unpaired) electrons. The van der Waals surface area contributed by atoms with E-state index in [-0.39, 0.29) is 11.4 Å². The van der Waals surface area contributed by atoms with Crippen LogP contribution in [0.2, 0.25) is 0 Å². The van der Waals surface area contributed by atoms with E-state index in [4.69, 9.17) is 4.74 Å². The Labute approximate surface area is 103 Å². The van der Waals surface area contributed by atoms with Crippen molar-refractivity contribution in [2.45, 2.75) is 13.5 Å². The maximum atomic E-state index is 10.9. The summed E-state index contributed by atoms with van der Waals surface area (Å²) in [5, 5.41) is 18.7. The summed E-state index contributed by atoms with van der Waals surface area (Å²) in [6.07, 6.45) is 1.58. The average Bonchev–Trinajstić information content (AvgIpc) is 2.85. The number of aromatic nitrogens is 3. The second-order valence-electron chi connectivity index (χ2n) is 3.56. The highest BCUT2D eigenvalue weighted by atomic mass is 16.6. The lowest BCUT2D eigenvalue weighted by Crippen LogP contribution is -2.00. The molecule has 0 aliphatic heterocycles. The van der Waals surface area contributed by atoms with Crippen molar-refractivity contribution >= 4 is 5.69 Å². The lowest BCUT2D eigenvalue weighted by molar-refractivity contribution is -0.385. The number of rotatable bonds is 4. The molecule has 0 saturated heterocycles. The Morgan fingerprint density at radius 2 is 2.28 bits per heavy atom. The molecule has 0 atom stereocenters. The molecule has 1 aromatic heterocycles. The maximum absolute atomic E-state index is 10.9. The molecule has 0 saturated carbocycles. The second kappa shape index (κ2) is 4.82. The minimum absolute atomic E-state index is 0.0827. The first kappa shape index (κ1) is 12.0. The van der Waals surface area contributed by atoms with Gasteiger partial charge in [0, 0.05) is 12.6 Å². The van der Waals surface area contributed by atoms with Crippen LogP contribution in [0.25, 0.3) is 11.4 Å². The predicted molar refractivity (Wildman–Crippen MR) is 64.3 cm³/mol. The van der Waals surface area contributed by atoms with E-state index < -0.39 is 4.92 Å². The average molecular weight is 248 g/mol. The van der Waals surface area contributed by atoms with Gasteiger partial charge in [0.2, 0.25) is 5.75 Å². The van der Waals surface area contributed by atoms with Gasteiger partial charge in [-0.05, 0) is 13.0 Å². The van der Waals surface area contributed by atoms with Crippen molar-refractivity contribution in [3.63, 3.8) is 0 Å². The summed E-state index contributed by atoms with van der Waals surface area (Å²) >= 11 is 0. The van der Waals surface area contributed by atoms with Crippen molar-refractivity contribution in [2.75, 3.05) is 7.11 Å². The number of hydrogen-bond donors (Lipinski definition) is 0. The van der Waals surface area contributed by atoms with Gasteiger partial charge in [-0.1, -0.05) is 6.07 Å². The number of nitrogens with zero attached hydrogens (tertiary/aromatic N) is 4. The Morgan fingerprint density at radius 3 is 2.89 bits per heavy atom. The normalized spacial score (nSPS) is 10.3. The van der Waals surface area contributed by atoms with Crippen LogP contribution in [0.3, 0.4) is 0 Å². The van der Waals surface area contributed by atoms with E-state index in [1.165, 1.54) is 13.2 Å². The van der Waals surface area contributed by atoms with Crippen LogP contribution in [0.5, 0.6) is 5.75 Å². The molecule has 18 heavy (non-hydrogen) atoms. The minimum atomic E-state index is -0.477. The van der Waals surface area contributed by atoms with E-state index in [0.29, 0.717) is 17.9 Å². The Bertz CT molecular complexity index is 579. The van der Waals surface area contributed by atoms with Gasteiger partial charge in [0.1, 0.15) is 6.33 Å². The van der Waals surface area contributed by atoms with Gasteiger partial charge in [0.05, 0.1) is 17.6 Å². The molecular weight excluding hydrogens is 236 g/mol. The van der Waals surface area contributed by atoms with Crippen LogP contribution in [0.4, 0.5) is 5.69 Å². The number of benzene rings is 1. The van der Waals surface area contributed by atoms with Crippen LogP contribution in [0, 0.1) is 10.1 Å². The molecule has 1 heterocycles. The van der Waals surface area contributed by atoms with Gasteiger partial charge in [-0.15, -0.1) is 10.2 Å². The predicted octanol–water partition coefficient (Wildman–Crippen LogP) is 1.88. The standard InChI is InChI=1S/C11H12N4O3/c1-3-14-7-12-13-11(14)8-5-4-6-9(15(16)17)10(8)18-2/h4-7H,3H2,1-2H3. The molecule has 0 aliphatic rings. The van der Waals surface area contributed by atoms with Crippen molar-refractivity contribution in [3.8, 4) is 17.1 Å². The summed E-state index contributed by atoms with van der Waals surface area (Å²) in [5.41, 5.74) is 0.478. The van der Waals surface area contributed by atoms with Crippen LogP contribution in [-0.2, 0) is 6.54 Å². The van der Waals surface area contributed by atoms with Crippen LogP contribution in [0.15, 0.2) is 24.5 Å². The van der Waals surface area contributed by atoms with E-state index in [1.807, 2.05) is 6.92 Å². The van der Waals surface area contributed by atoms with Crippen molar-refractivity contribution in [2.24, 2.45) is 0 Å². The maximum Gasteiger partial charge on any atom is 0.311 e. The van der Waals surface area contributed by atoms with Gasteiger partial charge < -0.3 is 9.30 Å². The first-order valence-electron chi connectivity index (χ1n) is 5.38. The lowest BCUT2D eigenvalue weighted by atomic mass is 10.1. The smallest absolute Gasteiger partial charge is 0.311 e. The highest BCUT2D eigenvalue weighted by molar-refractivity contribution is 5.71. The van der Waals surface area contributed by atoms with Gasteiger partial charge in [-0.2, -0.15) is 0 Å². The van der Waals surface area contributed by atoms with Crippen molar-refractivity contribution in [1.82, 2.24) is 14.8 Å². The highest BCUT2D eigenvalue weighted by Crippen LogP contribution is 2.36. The number of methoxy groups -OCH3 is 1. The number of ether oxygens (including phenoxy) is 1. The van der Waals surface area contributed by atoms with Gasteiger partial charge in [0.15, 0.2) is 5.82 Å². The van der Waals surface area contributed by atoms with Gasteiger partial charge in [-0.25, -0.2) is 0 Å². The van der Waals surface area contributed by atoms with E-state index in [2.05, 4.69) is 10.2 Å². The van der Waals surface area contributed by atoms with E-state index >= 15 is 0 Å². The van der Waals surface area contributed by atoms with Crippen molar-refractivity contribution in [3.05, 3.63) is 34.6 Å². The Balaban J connectivity index is 2.64. The summed E-state index contributed by atoms with van der Waals surface area (Å²) in [6, 6.07) is 4.72. The topological polar surface area (TPSA) is 83.1 Å². The lowest BCUT2D eigenvalue weighted by Gasteiger charge is -2.08. The summed E-state index contributed by atoms with van der Waals surface area (Å²) in [4.78, 5) is 10.5. The summed E-state index contributed by atoms with van der Waals surface area (Å²) in [6.45, 7) is 2.62. The molecule has 0 aliphatic carbocycles. The van der Waals surface area contributed by atoms with Crippen LogP contribution in [0.1, 0.15) is 6.92 Å². The Kier molecular flexibility index (Phi) is 3.22. The van der Waals surface area contributed by atoms with E-state index in [1.54, 1.807) is 23.0 Å². The summed E-state index contributed by atoms with van der Waals surface area (Å²) in [7, 11) is 1.40. The molecule has 0 unspecified atom stereocenters. The fourth-order valence-electron chi connectivity index (χ4n) is 1.75. The number of para-hydroxylation sites is 1. The van der Waals surface area contributed by atoms with Crippen LogP contribution < -0.4 is 4.74 Å². The molecule has 2 rings (SSSR count). The van der Waals surface area contributed by atoms with Crippen molar-refractivity contribution in [1.29, 1.82) is 0 Å². The quantitative estimate of drug-likeness (QED) is 0.609. The monoisotopic (exact) mass is 248 g/mol. The zero-order valence-electron chi connectivity index (χ0n) is 10.0. The molecule has 7 heteroatoms. The third kappa shape index (κ3) is 1.90. The first-order valence-corrected chi connectivity index (χ1v) is 5.38. The van der Waals surface area contributed by atoms with E-state index in [0.717, 1.165) is 0 Å². The third-order valence-corrected chi connectivity index (χ3v) is 2.59. The fourth-order valence-corrected chi connectivity index (χ4v) is 1.75. The number of aryl methyl sites for hydroxylation is 1. The number of nitro groups is 1. The molecule has 0 spiro atoms.